The molecule has 2 aromatic carbocycles. The van der Waals surface area contributed by atoms with E-state index >= 15 is 0 Å². The van der Waals surface area contributed by atoms with Gasteiger partial charge >= 0.3 is 0 Å². The van der Waals surface area contributed by atoms with Crippen molar-refractivity contribution in [2.75, 3.05) is 7.11 Å². The second kappa shape index (κ2) is 5.30. The summed E-state index contributed by atoms with van der Waals surface area (Å²) in [5.74, 6) is 0.228. The smallest absolute Gasteiger partial charge is 0.269 e. The fraction of sp³-hybridized carbons (Fsp3) is 0.0769. The van der Waals surface area contributed by atoms with E-state index in [1.807, 2.05) is 0 Å². The molecule has 0 unspecified atom stereocenters. The van der Waals surface area contributed by atoms with Crippen LogP contribution in [-0.2, 0) is 9.84 Å². The van der Waals surface area contributed by atoms with E-state index in [2.05, 4.69) is 0 Å². The third kappa shape index (κ3) is 2.48. The van der Waals surface area contributed by atoms with Crippen LogP contribution in [0.3, 0.4) is 0 Å². The van der Waals surface area contributed by atoms with Crippen molar-refractivity contribution in [3.63, 3.8) is 0 Å². The molecule has 0 heterocycles. The summed E-state index contributed by atoms with van der Waals surface area (Å²) in [6.07, 6.45) is 0. The molecule has 0 saturated heterocycles. The van der Waals surface area contributed by atoms with Crippen LogP contribution in [-0.4, -0.2) is 20.5 Å². The van der Waals surface area contributed by atoms with Crippen LogP contribution in [0.5, 0.6) is 5.75 Å². The van der Waals surface area contributed by atoms with Crippen molar-refractivity contribution in [3.05, 3.63) is 58.6 Å². The average molecular weight is 293 g/mol. The molecule has 0 aromatic heterocycles. The maximum absolute atomic E-state index is 12.4. The third-order valence-corrected chi connectivity index (χ3v) is 4.53. The average Bonchev–Trinajstić information content (AvgIpc) is 2.47. The number of ether oxygens (including phenoxy) is 1. The van der Waals surface area contributed by atoms with Gasteiger partial charge in [-0.25, -0.2) is 8.42 Å². The van der Waals surface area contributed by atoms with Crippen LogP contribution in [0, 0.1) is 10.1 Å². The quantitative estimate of drug-likeness (QED) is 0.638. The fourth-order valence-electron chi connectivity index (χ4n) is 1.71. The topological polar surface area (TPSA) is 86.5 Å². The number of benzene rings is 2. The Bertz CT molecular complexity index is 738. The zero-order valence-electron chi connectivity index (χ0n) is 10.5. The number of nitrogens with zero attached hydrogens (tertiary/aromatic N) is 1. The fourth-order valence-corrected chi connectivity index (χ4v) is 3.14. The van der Waals surface area contributed by atoms with Crippen molar-refractivity contribution in [1.29, 1.82) is 0 Å². The van der Waals surface area contributed by atoms with E-state index in [9.17, 15) is 18.5 Å². The molecule has 7 heteroatoms. The highest BCUT2D eigenvalue weighted by molar-refractivity contribution is 7.91. The first-order valence-electron chi connectivity index (χ1n) is 5.59. The Morgan fingerprint density at radius 2 is 1.65 bits per heavy atom. The molecule has 104 valence electrons. The SMILES string of the molecule is COc1ccccc1S(=O)(=O)c1ccc([N+](=O)[O-])cc1. The monoisotopic (exact) mass is 293 g/mol. The number of nitro groups is 1. The van der Waals surface area contributed by atoms with E-state index in [1.165, 1.54) is 31.4 Å². The minimum absolute atomic E-state index is 0.0207. The van der Waals surface area contributed by atoms with Gasteiger partial charge in [-0.1, -0.05) is 12.1 Å². The van der Waals surface area contributed by atoms with Crippen molar-refractivity contribution in [2.24, 2.45) is 0 Å². The van der Waals surface area contributed by atoms with E-state index in [4.69, 9.17) is 4.74 Å². The largest absolute Gasteiger partial charge is 0.495 e. The molecular weight excluding hydrogens is 282 g/mol. The highest BCUT2D eigenvalue weighted by Crippen LogP contribution is 2.29. The van der Waals surface area contributed by atoms with Gasteiger partial charge in [-0.05, 0) is 24.3 Å². The number of sulfone groups is 1. The van der Waals surface area contributed by atoms with Gasteiger partial charge in [-0.15, -0.1) is 0 Å². The van der Waals surface area contributed by atoms with Gasteiger partial charge in [0.15, 0.2) is 0 Å². The van der Waals surface area contributed by atoms with Crippen LogP contribution in [0.1, 0.15) is 0 Å². The Hall–Kier alpha value is -2.41. The Morgan fingerprint density at radius 1 is 1.05 bits per heavy atom. The zero-order valence-corrected chi connectivity index (χ0v) is 11.3. The van der Waals surface area contributed by atoms with Gasteiger partial charge in [0, 0.05) is 12.1 Å². The summed E-state index contributed by atoms with van der Waals surface area (Å²) >= 11 is 0. The second-order valence-corrected chi connectivity index (χ2v) is 5.82. The van der Waals surface area contributed by atoms with E-state index in [0.29, 0.717) is 0 Å². The molecule has 2 aromatic rings. The lowest BCUT2D eigenvalue weighted by molar-refractivity contribution is -0.384. The van der Waals surface area contributed by atoms with Crippen LogP contribution in [0.4, 0.5) is 5.69 Å². The molecule has 0 aliphatic carbocycles. The molecule has 0 fully saturated rings. The maximum atomic E-state index is 12.4. The van der Waals surface area contributed by atoms with Crippen LogP contribution in [0.2, 0.25) is 0 Å². The summed E-state index contributed by atoms with van der Waals surface area (Å²) < 4.78 is 29.9. The number of rotatable bonds is 4. The Balaban J connectivity index is 2.52. The number of non-ortho nitro benzene ring substituents is 1. The van der Waals surface area contributed by atoms with Crippen LogP contribution < -0.4 is 4.74 Å². The van der Waals surface area contributed by atoms with Crippen molar-refractivity contribution < 1.29 is 18.1 Å². The number of nitro benzene ring substituents is 1. The second-order valence-electron chi connectivity index (χ2n) is 3.91. The summed E-state index contributed by atoms with van der Waals surface area (Å²) in [6, 6.07) is 10.9. The molecule has 6 nitrogen and oxygen atoms in total. The van der Waals surface area contributed by atoms with Crippen molar-refractivity contribution in [3.8, 4) is 5.75 Å². The van der Waals surface area contributed by atoms with Gasteiger partial charge in [0.05, 0.1) is 16.9 Å². The molecule has 0 bridgehead atoms. The van der Waals surface area contributed by atoms with Crippen molar-refractivity contribution in [1.82, 2.24) is 0 Å². The first-order chi connectivity index (χ1) is 9.46. The van der Waals surface area contributed by atoms with Gasteiger partial charge in [0.1, 0.15) is 10.6 Å². The standard InChI is InChI=1S/C13H11NO5S/c1-19-12-4-2-3-5-13(12)20(17,18)11-8-6-10(7-9-11)14(15)16/h2-9H,1H3. The number of methoxy groups -OCH3 is 1. The summed E-state index contributed by atoms with van der Waals surface area (Å²) in [7, 11) is -2.39. The number of para-hydroxylation sites is 1. The van der Waals surface area contributed by atoms with E-state index in [0.717, 1.165) is 12.1 Å². The first-order valence-corrected chi connectivity index (χ1v) is 7.07. The molecule has 2 rings (SSSR count). The minimum atomic E-state index is -3.77. The lowest BCUT2D eigenvalue weighted by Crippen LogP contribution is -2.04. The highest BCUT2D eigenvalue weighted by Gasteiger charge is 2.22. The summed E-state index contributed by atoms with van der Waals surface area (Å²) in [4.78, 5) is 9.99. The van der Waals surface area contributed by atoms with Crippen LogP contribution in [0.15, 0.2) is 58.3 Å². The molecule has 0 N–H and O–H groups in total. The molecule has 0 spiro atoms. The van der Waals surface area contributed by atoms with Gasteiger partial charge in [-0.3, -0.25) is 10.1 Å². The summed E-state index contributed by atoms with van der Waals surface area (Å²) in [5, 5.41) is 10.6. The molecule has 0 atom stereocenters. The molecule has 0 amide bonds. The Kier molecular flexibility index (Phi) is 3.71. The first kappa shape index (κ1) is 14.0. The van der Waals surface area contributed by atoms with Crippen LogP contribution >= 0.6 is 0 Å². The van der Waals surface area contributed by atoms with Gasteiger partial charge in [0.25, 0.3) is 5.69 Å². The molecule has 20 heavy (non-hydrogen) atoms. The molecule has 0 aliphatic heterocycles. The highest BCUT2D eigenvalue weighted by atomic mass is 32.2. The minimum Gasteiger partial charge on any atom is -0.495 e. The molecular formula is C13H11NO5S. The van der Waals surface area contributed by atoms with E-state index in [-0.39, 0.29) is 21.2 Å². The third-order valence-electron chi connectivity index (χ3n) is 2.72. The van der Waals surface area contributed by atoms with Gasteiger partial charge in [0.2, 0.25) is 9.84 Å². The van der Waals surface area contributed by atoms with E-state index < -0.39 is 14.8 Å². The van der Waals surface area contributed by atoms with Crippen molar-refractivity contribution >= 4 is 15.5 Å². The Morgan fingerprint density at radius 3 is 2.20 bits per heavy atom. The van der Waals surface area contributed by atoms with Gasteiger partial charge < -0.3 is 4.74 Å². The lowest BCUT2D eigenvalue weighted by Gasteiger charge is -2.09. The predicted molar refractivity (Wildman–Crippen MR) is 71.5 cm³/mol. The predicted octanol–water partition coefficient (Wildman–Crippen LogP) is 2.44. The molecule has 0 aliphatic rings. The summed E-state index contributed by atoms with van der Waals surface area (Å²) in [6.45, 7) is 0. The maximum Gasteiger partial charge on any atom is 0.269 e. The Labute approximate surface area is 115 Å². The molecule has 0 saturated carbocycles. The summed E-state index contributed by atoms with van der Waals surface area (Å²) in [5.41, 5.74) is -0.163. The number of hydrogen-bond donors (Lipinski definition) is 0. The van der Waals surface area contributed by atoms with Crippen LogP contribution in [0.25, 0.3) is 0 Å². The lowest BCUT2D eigenvalue weighted by atomic mass is 10.3. The van der Waals surface area contributed by atoms with Gasteiger partial charge in [-0.2, -0.15) is 0 Å². The normalized spacial score (nSPS) is 11.1. The molecule has 0 radical (unpaired) electrons. The van der Waals surface area contributed by atoms with Crippen molar-refractivity contribution in [2.45, 2.75) is 9.79 Å². The number of hydrogen-bond acceptors (Lipinski definition) is 5. The van der Waals surface area contributed by atoms with E-state index in [1.54, 1.807) is 12.1 Å². The zero-order chi connectivity index (χ0) is 14.8.